The molecule has 0 aromatic carbocycles. The van der Waals surface area contributed by atoms with E-state index in [1.807, 2.05) is 5.38 Å². The molecule has 0 atom stereocenters. The number of hydrogen-bond acceptors (Lipinski definition) is 7. The molecular weight excluding hydrogens is 252 g/mol. The van der Waals surface area contributed by atoms with Crippen LogP contribution in [-0.4, -0.2) is 28.3 Å². The summed E-state index contributed by atoms with van der Waals surface area (Å²) in [4.78, 5) is 8.61. The van der Waals surface area contributed by atoms with Gasteiger partial charge in [0.2, 0.25) is 5.89 Å². The maximum absolute atomic E-state index is 5.58. The van der Waals surface area contributed by atoms with Crippen LogP contribution in [0.1, 0.15) is 36.2 Å². The Morgan fingerprint density at radius 2 is 2.17 bits per heavy atom. The summed E-state index contributed by atoms with van der Waals surface area (Å²) in [6.45, 7) is 1.55. The van der Waals surface area contributed by atoms with E-state index in [4.69, 9.17) is 15.0 Å². The Morgan fingerprint density at radius 1 is 1.33 bits per heavy atom. The molecule has 3 heterocycles. The van der Waals surface area contributed by atoms with E-state index in [1.165, 1.54) is 11.3 Å². The Kier molecular flexibility index (Phi) is 3.24. The molecule has 18 heavy (non-hydrogen) atoms. The van der Waals surface area contributed by atoms with Crippen LogP contribution in [0.4, 0.5) is 5.13 Å². The summed E-state index contributed by atoms with van der Waals surface area (Å²) in [7, 11) is 0. The molecule has 2 N–H and O–H groups in total. The third kappa shape index (κ3) is 2.51. The van der Waals surface area contributed by atoms with Gasteiger partial charge in [-0.05, 0) is 12.8 Å². The second-order valence-corrected chi connectivity index (χ2v) is 5.18. The minimum absolute atomic E-state index is 0.358. The largest absolute Gasteiger partial charge is 0.381 e. The van der Waals surface area contributed by atoms with Crippen LogP contribution in [0.2, 0.25) is 0 Å². The van der Waals surface area contributed by atoms with E-state index in [0.717, 1.165) is 37.6 Å². The molecule has 0 amide bonds. The quantitative estimate of drug-likeness (QED) is 0.907. The molecule has 0 bridgehead atoms. The fourth-order valence-corrected chi connectivity index (χ4v) is 2.58. The molecule has 2 aromatic rings. The number of ether oxygens (including phenoxy) is 1. The summed E-state index contributed by atoms with van der Waals surface area (Å²) in [6.07, 6.45) is 2.47. The van der Waals surface area contributed by atoms with Crippen LogP contribution in [0, 0.1) is 0 Å². The van der Waals surface area contributed by atoms with E-state index < -0.39 is 0 Å². The van der Waals surface area contributed by atoms with E-state index in [-0.39, 0.29) is 0 Å². The Hall–Kier alpha value is -1.47. The fraction of sp³-hybridized carbons (Fsp3) is 0.545. The summed E-state index contributed by atoms with van der Waals surface area (Å²) in [5.41, 5.74) is 6.46. The van der Waals surface area contributed by atoms with Gasteiger partial charge in [-0.25, -0.2) is 4.98 Å². The molecule has 96 valence electrons. The number of hydrogen-bond donors (Lipinski definition) is 1. The van der Waals surface area contributed by atoms with Gasteiger partial charge in [0.05, 0.1) is 12.1 Å². The van der Waals surface area contributed by atoms with Gasteiger partial charge in [-0.2, -0.15) is 4.98 Å². The number of anilines is 1. The number of rotatable bonds is 3. The molecule has 1 saturated heterocycles. The smallest absolute Gasteiger partial charge is 0.232 e. The number of nitrogens with two attached hydrogens (primary N) is 1. The monoisotopic (exact) mass is 266 g/mol. The van der Waals surface area contributed by atoms with Crippen molar-refractivity contribution in [2.75, 3.05) is 18.9 Å². The van der Waals surface area contributed by atoms with Crippen LogP contribution in [-0.2, 0) is 11.2 Å². The molecular formula is C11H14N4O2S. The van der Waals surface area contributed by atoms with Crippen LogP contribution in [0.25, 0.3) is 0 Å². The predicted molar refractivity (Wildman–Crippen MR) is 66.4 cm³/mol. The van der Waals surface area contributed by atoms with Crippen molar-refractivity contribution in [2.24, 2.45) is 0 Å². The molecule has 0 aliphatic carbocycles. The van der Waals surface area contributed by atoms with Gasteiger partial charge in [0.25, 0.3) is 0 Å². The Bertz CT molecular complexity index is 519. The van der Waals surface area contributed by atoms with Crippen molar-refractivity contribution in [2.45, 2.75) is 25.2 Å². The lowest BCUT2D eigenvalue weighted by Crippen LogP contribution is -2.15. The molecule has 1 aliphatic heterocycles. The maximum atomic E-state index is 5.58. The zero-order valence-electron chi connectivity index (χ0n) is 9.83. The standard InChI is InChI=1S/C11H14N4O2S/c12-11-13-8(6-18-11)5-9-14-10(15-17-9)7-1-3-16-4-2-7/h6-7H,1-5H2,(H2,12,13). The van der Waals surface area contributed by atoms with E-state index >= 15 is 0 Å². The lowest BCUT2D eigenvalue weighted by atomic mass is 10.00. The first-order chi connectivity index (χ1) is 8.81. The molecule has 2 aromatic heterocycles. The first kappa shape index (κ1) is 11.6. The maximum Gasteiger partial charge on any atom is 0.232 e. The minimum atomic E-state index is 0.358. The molecule has 0 radical (unpaired) electrons. The summed E-state index contributed by atoms with van der Waals surface area (Å²) < 4.78 is 10.6. The van der Waals surface area contributed by atoms with Crippen molar-refractivity contribution in [3.8, 4) is 0 Å². The molecule has 6 nitrogen and oxygen atoms in total. The van der Waals surface area contributed by atoms with Crippen LogP contribution >= 0.6 is 11.3 Å². The van der Waals surface area contributed by atoms with Crippen molar-refractivity contribution >= 4 is 16.5 Å². The summed E-state index contributed by atoms with van der Waals surface area (Å²) in [5.74, 6) is 1.75. The van der Waals surface area contributed by atoms with Gasteiger partial charge in [-0.15, -0.1) is 11.3 Å². The zero-order chi connectivity index (χ0) is 12.4. The highest BCUT2D eigenvalue weighted by Gasteiger charge is 2.21. The van der Waals surface area contributed by atoms with Crippen molar-refractivity contribution in [1.29, 1.82) is 0 Å². The second kappa shape index (κ2) is 5.03. The molecule has 0 spiro atoms. The topological polar surface area (TPSA) is 87.1 Å². The second-order valence-electron chi connectivity index (χ2n) is 4.29. The highest BCUT2D eigenvalue weighted by atomic mass is 32.1. The Balaban J connectivity index is 1.69. The van der Waals surface area contributed by atoms with E-state index in [9.17, 15) is 0 Å². The van der Waals surface area contributed by atoms with E-state index in [1.54, 1.807) is 0 Å². The van der Waals surface area contributed by atoms with Gasteiger partial charge in [-0.3, -0.25) is 0 Å². The van der Waals surface area contributed by atoms with Gasteiger partial charge in [0, 0.05) is 24.5 Å². The summed E-state index contributed by atoms with van der Waals surface area (Å²) in [5, 5.41) is 6.52. The van der Waals surface area contributed by atoms with Gasteiger partial charge in [0.1, 0.15) is 0 Å². The molecule has 1 aliphatic rings. The van der Waals surface area contributed by atoms with Crippen LogP contribution in [0.15, 0.2) is 9.90 Å². The Morgan fingerprint density at radius 3 is 2.89 bits per heavy atom. The normalized spacial score (nSPS) is 17.1. The fourth-order valence-electron chi connectivity index (χ4n) is 2.02. The third-order valence-corrected chi connectivity index (χ3v) is 3.69. The van der Waals surface area contributed by atoms with Crippen molar-refractivity contribution in [3.63, 3.8) is 0 Å². The highest BCUT2D eigenvalue weighted by molar-refractivity contribution is 7.13. The number of thiazole rings is 1. The minimum Gasteiger partial charge on any atom is -0.381 e. The molecule has 0 unspecified atom stereocenters. The van der Waals surface area contributed by atoms with E-state index in [2.05, 4.69) is 15.1 Å². The number of nitrogen functional groups attached to an aromatic ring is 1. The molecule has 1 fully saturated rings. The summed E-state index contributed by atoms with van der Waals surface area (Å²) in [6, 6.07) is 0. The number of aromatic nitrogens is 3. The van der Waals surface area contributed by atoms with Gasteiger partial charge >= 0.3 is 0 Å². The van der Waals surface area contributed by atoms with Crippen molar-refractivity contribution in [1.82, 2.24) is 15.1 Å². The highest BCUT2D eigenvalue weighted by Crippen LogP contribution is 2.24. The lowest BCUT2D eigenvalue weighted by Gasteiger charge is -2.18. The predicted octanol–water partition coefficient (Wildman–Crippen LogP) is 1.59. The first-order valence-electron chi connectivity index (χ1n) is 5.91. The van der Waals surface area contributed by atoms with Gasteiger partial charge in [-0.1, -0.05) is 5.16 Å². The van der Waals surface area contributed by atoms with Crippen molar-refractivity contribution in [3.05, 3.63) is 22.8 Å². The van der Waals surface area contributed by atoms with E-state index in [0.29, 0.717) is 23.4 Å². The third-order valence-electron chi connectivity index (χ3n) is 2.97. The van der Waals surface area contributed by atoms with Crippen molar-refractivity contribution < 1.29 is 9.26 Å². The SMILES string of the molecule is Nc1nc(Cc2nc(C3CCOCC3)no2)cs1. The first-order valence-corrected chi connectivity index (χ1v) is 6.79. The molecule has 3 rings (SSSR count). The van der Waals surface area contributed by atoms with Crippen LogP contribution in [0.3, 0.4) is 0 Å². The van der Waals surface area contributed by atoms with Gasteiger partial charge in [0.15, 0.2) is 11.0 Å². The zero-order valence-corrected chi connectivity index (χ0v) is 10.7. The van der Waals surface area contributed by atoms with Crippen LogP contribution in [0.5, 0.6) is 0 Å². The average molecular weight is 266 g/mol. The summed E-state index contributed by atoms with van der Waals surface area (Å²) >= 11 is 1.42. The van der Waals surface area contributed by atoms with Gasteiger partial charge < -0.3 is 15.0 Å². The van der Waals surface area contributed by atoms with Crippen LogP contribution < -0.4 is 5.73 Å². The molecule has 0 saturated carbocycles. The Labute approximate surface area is 108 Å². The number of nitrogens with zero attached hydrogens (tertiary/aromatic N) is 3. The average Bonchev–Trinajstić information content (AvgIpc) is 3.01. The molecule has 7 heteroatoms. The lowest BCUT2D eigenvalue weighted by molar-refractivity contribution is 0.0830.